The summed E-state index contributed by atoms with van der Waals surface area (Å²) in [4.78, 5) is 12.0. The number of carbonyl (C=O) groups is 1. The van der Waals surface area contributed by atoms with Crippen LogP contribution in [0.25, 0.3) is 0 Å². The number of ether oxygens (including phenoxy) is 2. The summed E-state index contributed by atoms with van der Waals surface area (Å²) in [5.74, 6) is 1.66. The predicted octanol–water partition coefficient (Wildman–Crippen LogP) is 3.66. The van der Waals surface area contributed by atoms with Crippen LogP contribution in [0.1, 0.15) is 37.0 Å². The zero-order chi connectivity index (χ0) is 19.1. The number of aliphatic hydroxyl groups is 1. The van der Waals surface area contributed by atoms with Gasteiger partial charge in [-0.1, -0.05) is 19.4 Å². The van der Waals surface area contributed by atoms with E-state index in [0.29, 0.717) is 18.9 Å². The minimum atomic E-state index is -0.768. The lowest BCUT2D eigenvalue weighted by Crippen LogP contribution is -2.32. The number of amides is 2. The molecule has 2 amide bonds. The van der Waals surface area contributed by atoms with Crippen molar-refractivity contribution in [2.45, 2.75) is 32.3 Å². The van der Waals surface area contributed by atoms with Gasteiger partial charge in [-0.15, -0.1) is 0 Å². The van der Waals surface area contributed by atoms with Gasteiger partial charge >= 0.3 is 6.03 Å². The van der Waals surface area contributed by atoms with Crippen LogP contribution in [0.2, 0.25) is 0 Å². The summed E-state index contributed by atoms with van der Waals surface area (Å²) in [5, 5.41) is 15.7. The topological polar surface area (TPSA) is 79.8 Å². The van der Waals surface area contributed by atoms with Gasteiger partial charge in [-0.2, -0.15) is 0 Å². The first-order chi connectivity index (χ1) is 13.2. The quantitative estimate of drug-likeness (QED) is 0.620. The van der Waals surface area contributed by atoms with E-state index in [0.717, 1.165) is 41.9 Å². The van der Waals surface area contributed by atoms with E-state index in [2.05, 4.69) is 17.6 Å². The van der Waals surface area contributed by atoms with Gasteiger partial charge < -0.3 is 25.2 Å². The molecule has 6 nitrogen and oxygen atoms in total. The number of unbranched alkanes of at least 4 members (excludes halogenated alkanes) is 1. The number of urea groups is 1. The molecule has 0 saturated carbocycles. The monoisotopic (exact) mass is 370 g/mol. The Hall–Kier alpha value is -2.73. The average Bonchev–Trinajstić information content (AvgIpc) is 3.15. The number of benzene rings is 2. The third-order valence-corrected chi connectivity index (χ3v) is 4.43. The standard InChI is InChI=1S/C21H26N2O4/c1-2-3-11-26-18-7-5-17(6-8-18)23-21(25)22-14-19(24)15-4-9-20-16(13-15)10-12-27-20/h4-9,13,19,24H,2-3,10-12,14H2,1H3,(H2,22,23,25). The van der Waals surface area contributed by atoms with Crippen LogP contribution in [0.4, 0.5) is 10.5 Å². The molecule has 27 heavy (non-hydrogen) atoms. The highest BCUT2D eigenvalue weighted by Crippen LogP contribution is 2.28. The van der Waals surface area contributed by atoms with E-state index in [1.807, 2.05) is 30.3 Å². The van der Waals surface area contributed by atoms with Crippen LogP contribution in [0, 0.1) is 0 Å². The van der Waals surface area contributed by atoms with Crippen LogP contribution in [-0.2, 0) is 6.42 Å². The molecule has 3 rings (SSSR count). The number of hydrogen-bond donors (Lipinski definition) is 3. The Balaban J connectivity index is 1.45. The Morgan fingerprint density at radius 2 is 2.07 bits per heavy atom. The number of anilines is 1. The molecule has 0 fully saturated rings. The maximum absolute atomic E-state index is 12.0. The molecule has 0 spiro atoms. The van der Waals surface area contributed by atoms with Crippen molar-refractivity contribution in [3.8, 4) is 11.5 Å². The van der Waals surface area contributed by atoms with Crippen molar-refractivity contribution in [2.75, 3.05) is 25.1 Å². The van der Waals surface area contributed by atoms with Crippen molar-refractivity contribution < 1.29 is 19.4 Å². The van der Waals surface area contributed by atoms with Gasteiger partial charge in [0, 0.05) is 18.7 Å². The molecule has 0 bridgehead atoms. The summed E-state index contributed by atoms with van der Waals surface area (Å²) in [6, 6.07) is 12.5. The zero-order valence-electron chi connectivity index (χ0n) is 15.5. The highest BCUT2D eigenvalue weighted by atomic mass is 16.5. The number of hydrogen-bond acceptors (Lipinski definition) is 4. The van der Waals surface area contributed by atoms with Gasteiger partial charge in [0.2, 0.25) is 0 Å². The molecule has 0 aliphatic carbocycles. The summed E-state index contributed by atoms with van der Waals surface area (Å²) in [5.41, 5.74) is 2.53. The van der Waals surface area contributed by atoms with Gasteiger partial charge in [-0.05, 0) is 53.9 Å². The summed E-state index contributed by atoms with van der Waals surface area (Å²) in [6.07, 6.45) is 2.19. The first-order valence-electron chi connectivity index (χ1n) is 9.37. The lowest BCUT2D eigenvalue weighted by molar-refractivity contribution is 0.175. The van der Waals surface area contributed by atoms with Gasteiger partial charge in [0.1, 0.15) is 11.5 Å². The van der Waals surface area contributed by atoms with Crippen molar-refractivity contribution >= 4 is 11.7 Å². The average molecular weight is 370 g/mol. The molecule has 1 heterocycles. The molecular weight excluding hydrogens is 344 g/mol. The first-order valence-corrected chi connectivity index (χ1v) is 9.37. The van der Waals surface area contributed by atoms with Gasteiger partial charge in [-0.25, -0.2) is 4.79 Å². The van der Waals surface area contributed by atoms with Gasteiger partial charge in [-0.3, -0.25) is 0 Å². The predicted molar refractivity (Wildman–Crippen MR) is 104 cm³/mol. The fourth-order valence-electron chi connectivity index (χ4n) is 2.87. The third-order valence-electron chi connectivity index (χ3n) is 4.43. The smallest absolute Gasteiger partial charge is 0.319 e. The van der Waals surface area contributed by atoms with Crippen molar-refractivity contribution in [1.29, 1.82) is 0 Å². The number of aliphatic hydroxyl groups excluding tert-OH is 1. The van der Waals surface area contributed by atoms with Gasteiger partial charge in [0.25, 0.3) is 0 Å². The highest BCUT2D eigenvalue weighted by Gasteiger charge is 2.16. The van der Waals surface area contributed by atoms with Crippen LogP contribution in [0.3, 0.4) is 0 Å². The lowest BCUT2D eigenvalue weighted by Gasteiger charge is -2.14. The lowest BCUT2D eigenvalue weighted by atomic mass is 10.0. The second kappa shape index (κ2) is 9.28. The molecule has 0 radical (unpaired) electrons. The Kier molecular flexibility index (Phi) is 6.54. The molecule has 0 aromatic heterocycles. The largest absolute Gasteiger partial charge is 0.494 e. The summed E-state index contributed by atoms with van der Waals surface area (Å²) in [6.45, 7) is 3.61. The minimum Gasteiger partial charge on any atom is -0.494 e. The van der Waals surface area contributed by atoms with E-state index in [4.69, 9.17) is 9.47 Å². The first kappa shape index (κ1) is 19.0. The molecule has 144 valence electrons. The molecule has 1 aliphatic heterocycles. The third kappa shape index (κ3) is 5.37. The Morgan fingerprint density at radius 3 is 2.85 bits per heavy atom. The van der Waals surface area contributed by atoms with E-state index in [1.54, 1.807) is 12.1 Å². The normalized spacial score (nSPS) is 13.4. The molecular formula is C21H26N2O4. The fraction of sp³-hybridized carbons (Fsp3) is 0.381. The van der Waals surface area contributed by atoms with E-state index in [-0.39, 0.29) is 12.6 Å². The van der Waals surface area contributed by atoms with Crippen molar-refractivity contribution in [2.24, 2.45) is 0 Å². The van der Waals surface area contributed by atoms with Crippen LogP contribution in [0.15, 0.2) is 42.5 Å². The number of carbonyl (C=O) groups excluding carboxylic acids is 1. The zero-order valence-corrected chi connectivity index (χ0v) is 15.5. The molecule has 3 N–H and O–H groups in total. The molecule has 2 aromatic rings. The molecule has 1 aliphatic rings. The van der Waals surface area contributed by atoms with Crippen LogP contribution < -0.4 is 20.1 Å². The van der Waals surface area contributed by atoms with Crippen molar-refractivity contribution in [3.63, 3.8) is 0 Å². The number of rotatable bonds is 8. The minimum absolute atomic E-state index is 0.129. The van der Waals surface area contributed by atoms with Gasteiger partial charge in [0.05, 0.1) is 19.3 Å². The molecule has 6 heteroatoms. The van der Waals surface area contributed by atoms with E-state index in [1.165, 1.54) is 0 Å². The van der Waals surface area contributed by atoms with E-state index in [9.17, 15) is 9.90 Å². The number of fused-ring (bicyclic) bond motifs is 1. The van der Waals surface area contributed by atoms with Crippen LogP contribution in [-0.4, -0.2) is 30.9 Å². The molecule has 1 atom stereocenters. The summed E-state index contributed by atoms with van der Waals surface area (Å²) < 4.78 is 11.1. The molecule has 0 saturated heterocycles. The fourth-order valence-corrected chi connectivity index (χ4v) is 2.87. The molecule has 1 unspecified atom stereocenters. The second-order valence-corrected chi connectivity index (χ2v) is 6.54. The van der Waals surface area contributed by atoms with Crippen LogP contribution >= 0.6 is 0 Å². The Labute approximate surface area is 159 Å². The Morgan fingerprint density at radius 1 is 1.26 bits per heavy atom. The maximum atomic E-state index is 12.0. The SMILES string of the molecule is CCCCOc1ccc(NC(=O)NCC(O)c2ccc3c(c2)CCO3)cc1. The van der Waals surface area contributed by atoms with Gasteiger partial charge in [0.15, 0.2) is 0 Å². The highest BCUT2D eigenvalue weighted by molar-refractivity contribution is 5.89. The van der Waals surface area contributed by atoms with E-state index >= 15 is 0 Å². The maximum Gasteiger partial charge on any atom is 0.319 e. The van der Waals surface area contributed by atoms with Crippen LogP contribution in [0.5, 0.6) is 11.5 Å². The van der Waals surface area contributed by atoms with E-state index < -0.39 is 6.10 Å². The summed E-state index contributed by atoms with van der Waals surface area (Å²) in [7, 11) is 0. The van der Waals surface area contributed by atoms with Crippen molar-refractivity contribution in [1.82, 2.24) is 5.32 Å². The Bertz CT molecular complexity index is 761. The summed E-state index contributed by atoms with van der Waals surface area (Å²) >= 11 is 0. The number of nitrogens with one attached hydrogen (secondary N) is 2. The molecule has 2 aromatic carbocycles. The second-order valence-electron chi connectivity index (χ2n) is 6.54. The van der Waals surface area contributed by atoms with Crippen molar-refractivity contribution in [3.05, 3.63) is 53.6 Å².